The van der Waals surface area contributed by atoms with Crippen molar-refractivity contribution < 1.29 is 24.1 Å². The van der Waals surface area contributed by atoms with Crippen LogP contribution in [0.3, 0.4) is 0 Å². The number of hydrogen-bond acceptors (Lipinski definition) is 9. The van der Waals surface area contributed by atoms with Gasteiger partial charge in [-0.25, -0.2) is 4.98 Å². The number of aliphatic hydroxyl groups excluding tert-OH is 1. The SMILES string of the molecule is CCOc1nc(N)nc2c1ncn2C1OC2(CO)COC1C2OCc1ccccc1. The second-order valence-corrected chi connectivity index (χ2v) is 7.37. The number of aromatic nitrogens is 4. The molecule has 158 valence electrons. The molecule has 0 spiro atoms. The van der Waals surface area contributed by atoms with Crippen molar-refractivity contribution >= 4 is 17.1 Å². The van der Waals surface area contributed by atoms with Gasteiger partial charge in [-0.2, -0.15) is 9.97 Å². The van der Waals surface area contributed by atoms with E-state index in [1.54, 1.807) is 10.9 Å². The largest absolute Gasteiger partial charge is 0.476 e. The Labute approximate surface area is 172 Å². The third-order valence-electron chi connectivity index (χ3n) is 5.48. The Bertz CT molecular complexity index is 1040. The van der Waals surface area contributed by atoms with Crippen LogP contribution in [0.1, 0.15) is 18.7 Å². The van der Waals surface area contributed by atoms with Crippen LogP contribution >= 0.6 is 0 Å². The van der Waals surface area contributed by atoms with Crippen molar-refractivity contribution in [3.63, 3.8) is 0 Å². The second kappa shape index (κ2) is 7.47. The van der Waals surface area contributed by atoms with Crippen LogP contribution in [0.2, 0.25) is 0 Å². The van der Waals surface area contributed by atoms with Crippen LogP contribution in [0, 0.1) is 0 Å². The van der Waals surface area contributed by atoms with Crippen LogP contribution in [-0.4, -0.2) is 62.3 Å². The Balaban J connectivity index is 1.46. The van der Waals surface area contributed by atoms with Gasteiger partial charge < -0.3 is 29.8 Å². The number of aliphatic hydroxyl groups is 1. The summed E-state index contributed by atoms with van der Waals surface area (Å²) in [6, 6.07) is 9.84. The zero-order chi connectivity index (χ0) is 20.7. The molecule has 2 fully saturated rings. The van der Waals surface area contributed by atoms with Crippen molar-refractivity contribution in [2.45, 2.75) is 37.6 Å². The molecule has 2 aliphatic heterocycles. The van der Waals surface area contributed by atoms with Crippen molar-refractivity contribution in [3.8, 4) is 5.88 Å². The molecule has 10 nitrogen and oxygen atoms in total. The number of nitrogen functional groups attached to an aromatic ring is 1. The van der Waals surface area contributed by atoms with Gasteiger partial charge in [-0.15, -0.1) is 0 Å². The molecule has 3 N–H and O–H groups in total. The first-order valence-corrected chi connectivity index (χ1v) is 9.84. The van der Waals surface area contributed by atoms with E-state index in [0.29, 0.717) is 30.3 Å². The third kappa shape index (κ3) is 3.00. The number of ether oxygens (including phenoxy) is 4. The third-order valence-corrected chi connectivity index (χ3v) is 5.48. The first kappa shape index (κ1) is 19.2. The molecule has 2 bridgehead atoms. The summed E-state index contributed by atoms with van der Waals surface area (Å²) in [7, 11) is 0. The monoisotopic (exact) mass is 413 g/mol. The van der Waals surface area contributed by atoms with Crippen LogP contribution in [0.25, 0.3) is 11.2 Å². The molecular weight excluding hydrogens is 390 g/mol. The molecule has 1 aromatic carbocycles. The fourth-order valence-electron chi connectivity index (χ4n) is 4.07. The summed E-state index contributed by atoms with van der Waals surface area (Å²) in [5.74, 6) is 0.391. The van der Waals surface area contributed by atoms with Gasteiger partial charge in [0.15, 0.2) is 17.4 Å². The molecule has 4 heterocycles. The molecule has 5 rings (SSSR count). The zero-order valence-electron chi connectivity index (χ0n) is 16.5. The molecule has 3 aromatic rings. The molecule has 2 saturated heterocycles. The van der Waals surface area contributed by atoms with Crippen LogP contribution in [0.15, 0.2) is 36.7 Å². The van der Waals surface area contributed by atoms with Gasteiger partial charge in [-0.3, -0.25) is 4.57 Å². The van der Waals surface area contributed by atoms with E-state index in [4.69, 9.17) is 24.7 Å². The minimum atomic E-state index is -0.956. The molecule has 4 atom stereocenters. The number of nitrogens with two attached hydrogens (primary N) is 1. The van der Waals surface area contributed by atoms with E-state index in [9.17, 15) is 5.11 Å². The maximum atomic E-state index is 10.1. The van der Waals surface area contributed by atoms with Gasteiger partial charge in [0.2, 0.25) is 11.8 Å². The highest BCUT2D eigenvalue weighted by Crippen LogP contribution is 2.47. The van der Waals surface area contributed by atoms with Gasteiger partial charge in [-0.1, -0.05) is 30.3 Å². The lowest BCUT2D eigenvalue weighted by atomic mass is 10.00. The lowest BCUT2D eigenvalue weighted by molar-refractivity contribution is -0.187. The number of imidazole rings is 1. The summed E-state index contributed by atoms with van der Waals surface area (Å²) in [5.41, 5.74) is 6.90. The molecule has 30 heavy (non-hydrogen) atoms. The minimum Gasteiger partial charge on any atom is -0.476 e. The number of hydrogen-bond donors (Lipinski definition) is 2. The fraction of sp³-hybridized carbons (Fsp3) is 0.450. The normalized spacial score (nSPS) is 27.7. The molecular formula is C20H23N5O5. The van der Waals surface area contributed by atoms with Crippen molar-refractivity contribution in [1.82, 2.24) is 19.5 Å². The maximum Gasteiger partial charge on any atom is 0.247 e. The summed E-state index contributed by atoms with van der Waals surface area (Å²) in [4.78, 5) is 12.8. The van der Waals surface area contributed by atoms with Crippen LogP contribution in [0.5, 0.6) is 5.88 Å². The highest BCUT2D eigenvalue weighted by molar-refractivity contribution is 5.77. The highest BCUT2D eigenvalue weighted by atomic mass is 16.7. The number of nitrogens with zero attached hydrogens (tertiary/aromatic N) is 4. The Hall–Kier alpha value is -2.79. The predicted molar refractivity (Wildman–Crippen MR) is 106 cm³/mol. The lowest BCUT2D eigenvalue weighted by Crippen LogP contribution is -2.45. The minimum absolute atomic E-state index is 0.0746. The lowest BCUT2D eigenvalue weighted by Gasteiger charge is -2.29. The average Bonchev–Trinajstić information content (AvgIpc) is 3.43. The Kier molecular flexibility index (Phi) is 4.78. The number of fused-ring (bicyclic) bond motifs is 3. The first-order valence-electron chi connectivity index (χ1n) is 9.84. The number of benzene rings is 1. The molecule has 10 heteroatoms. The average molecular weight is 413 g/mol. The molecule has 0 radical (unpaired) electrons. The molecule has 0 amide bonds. The van der Waals surface area contributed by atoms with E-state index in [0.717, 1.165) is 5.56 Å². The van der Waals surface area contributed by atoms with E-state index >= 15 is 0 Å². The number of anilines is 1. The Morgan fingerprint density at radius 1 is 1.30 bits per heavy atom. The zero-order valence-corrected chi connectivity index (χ0v) is 16.5. The number of rotatable bonds is 7. The van der Waals surface area contributed by atoms with E-state index in [2.05, 4.69) is 15.0 Å². The summed E-state index contributed by atoms with van der Waals surface area (Å²) in [6.07, 6.45) is 0.121. The Morgan fingerprint density at radius 3 is 2.90 bits per heavy atom. The van der Waals surface area contributed by atoms with E-state index in [1.165, 1.54) is 0 Å². The van der Waals surface area contributed by atoms with Crippen LogP contribution < -0.4 is 10.5 Å². The molecule has 0 saturated carbocycles. The van der Waals surface area contributed by atoms with Crippen molar-refractivity contribution in [3.05, 3.63) is 42.2 Å². The molecule has 2 aromatic heterocycles. The van der Waals surface area contributed by atoms with E-state index in [1.807, 2.05) is 37.3 Å². The second-order valence-electron chi connectivity index (χ2n) is 7.37. The summed E-state index contributed by atoms with van der Waals surface area (Å²) in [6.45, 7) is 2.68. The summed E-state index contributed by atoms with van der Waals surface area (Å²) >= 11 is 0. The fourth-order valence-corrected chi connectivity index (χ4v) is 4.07. The van der Waals surface area contributed by atoms with Gasteiger partial charge in [0.25, 0.3) is 0 Å². The smallest absolute Gasteiger partial charge is 0.247 e. The van der Waals surface area contributed by atoms with Crippen LogP contribution in [0.4, 0.5) is 5.95 Å². The topological polar surface area (TPSA) is 127 Å². The van der Waals surface area contributed by atoms with Gasteiger partial charge in [0.1, 0.15) is 17.8 Å². The van der Waals surface area contributed by atoms with Crippen molar-refractivity contribution in [2.75, 3.05) is 25.6 Å². The quantitative estimate of drug-likeness (QED) is 0.584. The van der Waals surface area contributed by atoms with Gasteiger partial charge >= 0.3 is 0 Å². The van der Waals surface area contributed by atoms with Gasteiger partial charge in [-0.05, 0) is 12.5 Å². The Morgan fingerprint density at radius 2 is 2.13 bits per heavy atom. The van der Waals surface area contributed by atoms with Gasteiger partial charge in [0.05, 0.1) is 32.8 Å². The van der Waals surface area contributed by atoms with Crippen molar-refractivity contribution in [2.24, 2.45) is 0 Å². The maximum absolute atomic E-state index is 10.1. The highest BCUT2D eigenvalue weighted by Gasteiger charge is 2.63. The van der Waals surface area contributed by atoms with Crippen molar-refractivity contribution in [1.29, 1.82) is 0 Å². The van der Waals surface area contributed by atoms with E-state index < -0.39 is 24.0 Å². The molecule has 4 unspecified atom stereocenters. The summed E-state index contributed by atoms with van der Waals surface area (Å²) in [5, 5.41) is 10.1. The van der Waals surface area contributed by atoms with E-state index in [-0.39, 0.29) is 19.2 Å². The first-order chi connectivity index (χ1) is 14.6. The standard InChI is InChI=1S/C20H23N5O5/c1-2-27-17-13-16(23-19(21)24-17)25(11-22-13)18-14-15(20(9-26,30-18)10-29-14)28-8-12-6-4-3-5-7-12/h3-7,11,14-15,18,26H,2,8-10H2,1H3,(H2,21,23,24). The predicted octanol–water partition coefficient (Wildman–Crippen LogP) is 1.05. The van der Waals surface area contributed by atoms with Crippen LogP contribution in [-0.2, 0) is 20.8 Å². The van der Waals surface area contributed by atoms with Gasteiger partial charge in [0, 0.05) is 0 Å². The molecule has 2 aliphatic rings. The molecule has 0 aliphatic carbocycles. The summed E-state index contributed by atoms with van der Waals surface area (Å²) < 4.78 is 25.7.